The number of hydrogen-bond acceptors (Lipinski definition) is 0. The second-order valence-corrected chi connectivity index (χ2v) is 6.22. The lowest BCUT2D eigenvalue weighted by atomic mass is 9.71. The molecule has 0 amide bonds. The molecule has 0 heteroatoms. The van der Waals surface area contributed by atoms with Crippen molar-refractivity contribution in [1.29, 1.82) is 0 Å². The van der Waals surface area contributed by atoms with Crippen molar-refractivity contribution in [3.63, 3.8) is 0 Å². The first-order chi connectivity index (χ1) is 6.79. The molecule has 0 heterocycles. The molecule has 0 N–H and O–H groups in total. The van der Waals surface area contributed by atoms with E-state index in [1.165, 1.54) is 24.8 Å². The summed E-state index contributed by atoms with van der Waals surface area (Å²) in [6.07, 6.45) is 6.25. The first kappa shape index (κ1) is 14.7. The summed E-state index contributed by atoms with van der Waals surface area (Å²) in [7, 11) is 0. The van der Waals surface area contributed by atoms with Crippen LogP contribution in [0.1, 0.15) is 67.7 Å². The Hall–Kier alpha value is -0.260. The van der Waals surface area contributed by atoms with Gasteiger partial charge in [-0.05, 0) is 43.9 Å². The van der Waals surface area contributed by atoms with Crippen molar-refractivity contribution < 1.29 is 0 Å². The van der Waals surface area contributed by atoms with Gasteiger partial charge in [0.1, 0.15) is 0 Å². The van der Waals surface area contributed by atoms with E-state index in [1.807, 2.05) is 0 Å². The van der Waals surface area contributed by atoms with E-state index < -0.39 is 0 Å². The largest absolute Gasteiger partial charge is 0.0859 e. The molecule has 0 aromatic carbocycles. The van der Waals surface area contributed by atoms with Gasteiger partial charge < -0.3 is 0 Å². The van der Waals surface area contributed by atoms with Crippen LogP contribution in [0.3, 0.4) is 0 Å². The summed E-state index contributed by atoms with van der Waals surface area (Å²) in [5.74, 6) is 1.69. The van der Waals surface area contributed by atoms with Gasteiger partial charge in [0.15, 0.2) is 0 Å². The molecule has 15 heavy (non-hydrogen) atoms. The van der Waals surface area contributed by atoms with Crippen LogP contribution in [0.2, 0.25) is 0 Å². The maximum absolute atomic E-state index is 2.41. The number of hydrogen-bond donors (Lipinski definition) is 0. The van der Waals surface area contributed by atoms with Crippen molar-refractivity contribution in [2.75, 3.05) is 0 Å². The summed E-state index contributed by atoms with van der Waals surface area (Å²) in [6.45, 7) is 16.2. The lowest BCUT2D eigenvalue weighted by Gasteiger charge is -2.35. The van der Waals surface area contributed by atoms with Crippen LogP contribution in [0.15, 0.2) is 11.6 Å². The average Bonchev–Trinajstić information content (AvgIpc) is 2.01. The molecule has 0 aliphatic heterocycles. The third-order valence-corrected chi connectivity index (χ3v) is 3.41. The van der Waals surface area contributed by atoms with E-state index in [9.17, 15) is 0 Å². The Balaban J connectivity index is 4.17. The van der Waals surface area contributed by atoms with Gasteiger partial charge in [0, 0.05) is 0 Å². The number of rotatable bonds is 5. The van der Waals surface area contributed by atoms with E-state index in [1.54, 1.807) is 0 Å². The highest BCUT2D eigenvalue weighted by Gasteiger charge is 2.27. The molecule has 0 bridgehead atoms. The Morgan fingerprint density at radius 3 is 2.07 bits per heavy atom. The molecular formula is C15H30. The summed E-state index contributed by atoms with van der Waals surface area (Å²) in [4.78, 5) is 0. The summed E-state index contributed by atoms with van der Waals surface area (Å²) >= 11 is 0. The molecule has 0 rings (SSSR count). The zero-order chi connectivity index (χ0) is 12.1. The highest BCUT2D eigenvalue weighted by molar-refractivity contribution is 4.93. The Morgan fingerprint density at radius 1 is 1.20 bits per heavy atom. The van der Waals surface area contributed by atoms with Crippen LogP contribution in [0.25, 0.3) is 0 Å². The molecule has 0 saturated heterocycles. The first-order valence-corrected chi connectivity index (χ1v) is 6.42. The Bertz CT molecular complexity index is 189. The van der Waals surface area contributed by atoms with Crippen molar-refractivity contribution in [2.24, 2.45) is 17.3 Å². The van der Waals surface area contributed by atoms with E-state index >= 15 is 0 Å². The molecule has 0 saturated carbocycles. The SMILES string of the molecule is CCC(C(C)CCC=C(C)C)C(C)(C)C. The zero-order valence-electron chi connectivity index (χ0n) is 11.9. The Kier molecular flexibility index (Phi) is 6.24. The molecule has 0 aromatic heterocycles. The van der Waals surface area contributed by atoms with Crippen LogP contribution >= 0.6 is 0 Å². The van der Waals surface area contributed by atoms with Crippen LogP contribution < -0.4 is 0 Å². The molecule has 2 atom stereocenters. The maximum atomic E-state index is 2.41. The summed E-state index contributed by atoms with van der Waals surface area (Å²) < 4.78 is 0. The van der Waals surface area contributed by atoms with Gasteiger partial charge >= 0.3 is 0 Å². The van der Waals surface area contributed by atoms with Gasteiger partial charge in [0.2, 0.25) is 0 Å². The minimum absolute atomic E-state index is 0.457. The standard InChI is InChI=1S/C15H30/c1-8-14(15(5,6)7)13(4)11-9-10-12(2)3/h10,13-14H,8-9,11H2,1-7H3. The minimum Gasteiger partial charge on any atom is -0.0859 e. The van der Waals surface area contributed by atoms with Crippen LogP contribution in [-0.2, 0) is 0 Å². The van der Waals surface area contributed by atoms with Crippen LogP contribution in [-0.4, -0.2) is 0 Å². The van der Waals surface area contributed by atoms with Gasteiger partial charge in [-0.2, -0.15) is 0 Å². The second-order valence-electron chi connectivity index (χ2n) is 6.22. The van der Waals surface area contributed by atoms with Gasteiger partial charge in [-0.1, -0.05) is 52.7 Å². The van der Waals surface area contributed by atoms with Gasteiger partial charge in [-0.25, -0.2) is 0 Å². The topological polar surface area (TPSA) is 0 Å². The fraction of sp³-hybridized carbons (Fsp3) is 0.867. The lowest BCUT2D eigenvalue weighted by Crippen LogP contribution is -2.26. The highest BCUT2D eigenvalue weighted by atomic mass is 14.3. The van der Waals surface area contributed by atoms with Gasteiger partial charge in [-0.3, -0.25) is 0 Å². The monoisotopic (exact) mass is 210 g/mol. The maximum Gasteiger partial charge on any atom is -0.0342 e. The molecule has 2 unspecified atom stereocenters. The first-order valence-electron chi connectivity index (χ1n) is 6.42. The third-order valence-electron chi connectivity index (χ3n) is 3.41. The second kappa shape index (κ2) is 6.35. The fourth-order valence-electron chi connectivity index (χ4n) is 2.70. The van der Waals surface area contributed by atoms with Crippen LogP contribution in [0.5, 0.6) is 0 Å². The normalized spacial score (nSPS) is 15.9. The molecule has 0 radical (unpaired) electrons. The quantitative estimate of drug-likeness (QED) is 0.530. The van der Waals surface area contributed by atoms with E-state index in [-0.39, 0.29) is 0 Å². The van der Waals surface area contributed by atoms with Crippen molar-refractivity contribution in [3.05, 3.63) is 11.6 Å². The Labute approximate surface area is 97.2 Å². The minimum atomic E-state index is 0.457. The predicted molar refractivity (Wildman–Crippen MR) is 71.1 cm³/mol. The summed E-state index contributed by atoms with van der Waals surface area (Å²) in [5.41, 5.74) is 1.91. The molecule has 0 nitrogen and oxygen atoms in total. The van der Waals surface area contributed by atoms with E-state index in [2.05, 4.69) is 54.5 Å². The molecule has 90 valence electrons. The summed E-state index contributed by atoms with van der Waals surface area (Å²) in [6, 6.07) is 0. The average molecular weight is 210 g/mol. The molecule has 0 aliphatic rings. The summed E-state index contributed by atoms with van der Waals surface area (Å²) in [5, 5.41) is 0. The van der Waals surface area contributed by atoms with Crippen LogP contribution in [0.4, 0.5) is 0 Å². The van der Waals surface area contributed by atoms with E-state index in [4.69, 9.17) is 0 Å². The van der Waals surface area contributed by atoms with Gasteiger partial charge in [0.05, 0.1) is 0 Å². The molecule has 0 aromatic rings. The molecule has 0 aliphatic carbocycles. The molecular weight excluding hydrogens is 180 g/mol. The highest BCUT2D eigenvalue weighted by Crippen LogP contribution is 2.36. The zero-order valence-corrected chi connectivity index (χ0v) is 11.9. The van der Waals surface area contributed by atoms with Gasteiger partial charge in [0.25, 0.3) is 0 Å². The van der Waals surface area contributed by atoms with Crippen molar-refractivity contribution in [3.8, 4) is 0 Å². The lowest BCUT2D eigenvalue weighted by molar-refractivity contribution is 0.156. The van der Waals surface area contributed by atoms with Crippen molar-refractivity contribution >= 4 is 0 Å². The molecule has 0 fully saturated rings. The Morgan fingerprint density at radius 2 is 1.73 bits per heavy atom. The fourth-order valence-corrected chi connectivity index (χ4v) is 2.70. The smallest absolute Gasteiger partial charge is 0.0342 e. The molecule has 0 spiro atoms. The predicted octanol–water partition coefficient (Wildman–Crippen LogP) is 5.44. The van der Waals surface area contributed by atoms with E-state index in [0.29, 0.717) is 5.41 Å². The van der Waals surface area contributed by atoms with Gasteiger partial charge in [-0.15, -0.1) is 0 Å². The van der Waals surface area contributed by atoms with Crippen LogP contribution in [0, 0.1) is 17.3 Å². The number of allylic oxidation sites excluding steroid dienone is 2. The van der Waals surface area contributed by atoms with E-state index in [0.717, 1.165) is 11.8 Å². The third kappa shape index (κ3) is 6.02. The van der Waals surface area contributed by atoms with Crippen molar-refractivity contribution in [1.82, 2.24) is 0 Å². The van der Waals surface area contributed by atoms with Crippen molar-refractivity contribution in [2.45, 2.75) is 67.7 Å².